The summed E-state index contributed by atoms with van der Waals surface area (Å²) >= 11 is 0. The van der Waals surface area contributed by atoms with Crippen LogP contribution in [0.5, 0.6) is 5.75 Å². The second kappa shape index (κ2) is 5.02. The fourth-order valence-corrected chi connectivity index (χ4v) is 2.20. The van der Waals surface area contributed by atoms with Crippen LogP contribution in [0.25, 0.3) is 22.0 Å². The Morgan fingerprint density at radius 3 is 2.60 bits per heavy atom. The largest absolute Gasteiger partial charge is 0.494 e. The first-order chi connectivity index (χ1) is 9.81. The van der Waals surface area contributed by atoms with Crippen LogP contribution in [0, 0.1) is 11.3 Å². The molecule has 0 radical (unpaired) electrons. The first-order valence-electron chi connectivity index (χ1n) is 6.25. The van der Waals surface area contributed by atoms with E-state index >= 15 is 0 Å². The molecule has 3 rings (SSSR count). The number of hydrogen-bond acceptors (Lipinski definition) is 3. The SMILES string of the molecule is COc1cnc(-c2ccc3ccccc3c2)cc1C#N. The van der Waals surface area contributed by atoms with Gasteiger partial charge in [-0.1, -0.05) is 36.4 Å². The minimum absolute atomic E-state index is 0.491. The van der Waals surface area contributed by atoms with Crippen molar-refractivity contribution in [2.24, 2.45) is 0 Å². The number of benzene rings is 2. The molecule has 0 spiro atoms. The summed E-state index contributed by atoms with van der Waals surface area (Å²) in [5, 5.41) is 11.5. The summed E-state index contributed by atoms with van der Waals surface area (Å²) in [4.78, 5) is 4.36. The van der Waals surface area contributed by atoms with E-state index in [1.807, 2.05) is 18.2 Å². The summed E-state index contributed by atoms with van der Waals surface area (Å²) in [6, 6.07) is 18.2. The van der Waals surface area contributed by atoms with Crippen molar-refractivity contribution in [1.29, 1.82) is 5.26 Å². The number of hydrogen-bond donors (Lipinski definition) is 0. The number of pyridine rings is 1. The number of methoxy groups -OCH3 is 1. The molecule has 3 nitrogen and oxygen atoms in total. The lowest BCUT2D eigenvalue weighted by molar-refractivity contribution is 0.411. The average Bonchev–Trinajstić information content (AvgIpc) is 2.53. The van der Waals surface area contributed by atoms with Gasteiger partial charge in [-0.25, -0.2) is 0 Å². The number of rotatable bonds is 2. The lowest BCUT2D eigenvalue weighted by Gasteiger charge is -2.06. The van der Waals surface area contributed by atoms with Crippen LogP contribution in [0.1, 0.15) is 5.56 Å². The van der Waals surface area contributed by atoms with Gasteiger partial charge in [-0.2, -0.15) is 5.26 Å². The van der Waals surface area contributed by atoms with Gasteiger partial charge in [0.2, 0.25) is 0 Å². The highest BCUT2D eigenvalue weighted by molar-refractivity contribution is 5.86. The number of aromatic nitrogens is 1. The Morgan fingerprint density at radius 2 is 1.85 bits per heavy atom. The molecule has 2 aromatic carbocycles. The Labute approximate surface area is 117 Å². The van der Waals surface area contributed by atoms with Crippen molar-refractivity contribution >= 4 is 10.8 Å². The van der Waals surface area contributed by atoms with E-state index in [9.17, 15) is 0 Å². The van der Waals surface area contributed by atoms with Gasteiger partial charge in [0.15, 0.2) is 5.75 Å². The van der Waals surface area contributed by atoms with Gasteiger partial charge in [0.1, 0.15) is 6.07 Å². The standard InChI is InChI=1S/C17H12N2O/c1-20-17-11-19-16(9-15(17)10-18)14-7-6-12-4-2-3-5-13(12)8-14/h2-9,11H,1H3. The molecule has 3 aromatic rings. The zero-order valence-corrected chi connectivity index (χ0v) is 11.0. The van der Waals surface area contributed by atoms with E-state index in [4.69, 9.17) is 10.00 Å². The highest BCUT2D eigenvalue weighted by Crippen LogP contribution is 2.26. The third kappa shape index (κ3) is 2.08. The summed E-state index contributed by atoms with van der Waals surface area (Å²) in [5.74, 6) is 0.497. The van der Waals surface area contributed by atoms with Crippen molar-refractivity contribution in [3.05, 3.63) is 60.3 Å². The summed E-state index contributed by atoms with van der Waals surface area (Å²) in [5.41, 5.74) is 2.25. The molecular formula is C17H12N2O. The molecule has 0 saturated carbocycles. The van der Waals surface area contributed by atoms with E-state index in [0.29, 0.717) is 11.3 Å². The molecule has 0 bridgehead atoms. The zero-order chi connectivity index (χ0) is 13.9. The van der Waals surface area contributed by atoms with Gasteiger partial charge in [0.25, 0.3) is 0 Å². The van der Waals surface area contributed by atoms with Crippen molar-refractivity contribution in [3.63, 3.8) is 0 Å². The second-order valence-electron chi connectivity index (χ2n) is 4.44. The van der Waals surface area contributed by atoms with Gasteiger partial charge in [-0.05, 0) is 22.9 Å². The Bertz CT molecular complexity index is 819. The molecule has 0 atom stereocenters. The van der Waals surface area contributed by atoms with Crippen molar-refractivity contribution in [2.75, 3.05) is 7.11 Å². The first kappa shape index (κ1) is 12.2. The molecule has 0 aliphatic carbocycles. The Kier molecular flexibility index (Phi) is 3.06. The van der Waals surface area contributed by atoms with Gasteiger partial charge in [-0.15, -0.1) is 0 Å². The van der Waals surface area contributed by atoms with Gasteiger partial charge in [0, 0.05) is 5.56 Å². The smallest absolute Gasteiger partial charge is 0.154 e. The minimum Gasteiger partial charge on any atom is -0.494 e. The van der Waals surface area contributed by atoms with Gasteiger partial charge in [0.05, 0.1) is 24.6 Å². The van der Waals surface area contributed by atoms with E-state index in [-0.39, 0.29) is 0 Å². The van der Waals surface area contributed by atoms with Crippen LogP contribution < -0.4 is 4.74 Å². The van der Waals surface area contributed by atoms with Crippen molar-refractivity contribution in [3.8, 4) is 23.1 Å². The third-order valence-electron chi connectivity index (χ3n) is 3.25. The number of fused-ring (bicyclic) bond motifs is 1. The maximum atomic E-state index is 9.13. The van der Waals surface area contributed by atoms with Gasteiger partial charge >= 0.3 is 0 Å². The van der Waals surface area contributed by atoms with Crippen molar-refractivity contribution in [1.82, 2.24) is 4.98 Å². The lowest BCUT2D eigenvalue weighted by Crippen LogP contribution is -1.92. The van der Waals surface area contributed by atoms with E-state index in [2.05, 4.69) is 35.3 Å². The first-order valence-corrected chi connectivity index (χ1v) is 6.25. The Hall–Kier alpha value is -2.86. The zero-order valence-electron chi connectivity index (χ0n) is 11.0. The Morgan fingerprint density at radius 1 is 1.05 bits per heavy atom. The predicted octanol–water partition coefficient (Wildman–Crippen LogP) is 3.78. The number of nitriles is 1. The third-order valence-corrected chi connectivity index (χ3v) is 3.25. The fourth-order valence-electron chi connectivity index (χ4n) is 2.20. The molecule has 3 heteroatoms. The summed E-state index contributed by atoms with van der Waals surface area (Å²) < 4.78 is 5.11. The van der Waals surface area contributed by atoms with Crippen LogP contribution in [0.3, 0.4) is 0 Å². The van der Waals surface area contributed by atoms with Gasteiger partial charge in [-0.3, -0.25) is 4.98 Å². The molecule has 1 aromatic heterocycles. The van der Waals surface area contributed by atoms with E-state index in [0.717, 1.165) is 16.6 Å². The number of nitrogens with zero attached hydrogens (tertiary/aromatic N) is 2. The fraction of sp³-hybridized carbons (Fsp3) is 0.0588. The van der Waals surface area contributed by atoms with Crippen LogP contribution in [0.4, 0.5) is 0 Å². The summed E-state index contributed by atoms with van der Waals surface area (Å²) in [6.45, 7) is 0. The molecule has 20 heavy (non-hydrogen) atoms. The van der Waals surface area contributed by atoms with Crippen LogP contribution in [0.2, 0.25) is 0 Å². The normalized spacial score (nSPS) is 10.2. The molecular weight excluding hydrogens is 248 g/mol. The van der Waals surface area contributed by atoms with Crippen molar-refractivity contribution < 1.29 is 4.74 Å². The molecule has 0 saturated heterocycles. The number of ether oxygens (including phenoxy) is 1. The van der Waals surface area contributed by atoms with E-state index in [1.165, 1.54) is 12.5 Å². The average molecular weight is 260 g/mol. The monoisotopic (exact) mass is 260 g/mol. The summed E-state index contributed by atoms with van der Waals surface area (Å²) in [6.07, 6.45) is 1.59. The van der Waals surface area contributed by atoms with Crippen molar-refractivity contribution in [2.45, 2.75) is 0 Å². The molecule has 0 aliphatic rings. The molecule has 0 N–H and O–H groups in total. The highest BCUT2D eigenvalue weighted by Gasteiger charge is 2.07. The predicted molar refractivity (Wildman–Crippen MR) is 78.4 cm³/mol. The Balaban J connectivity index is 2.13. The molecule has 1 heterocycles. The van der Waals surface area contributed by atoms with Crippen LogP contribution in [-0.2, 0) is 0 Å². The molecule has 0 aliphatic heterocycles. The molecule has 96 valence electrons. The second-order valence-corrected chi connectivity index (χ2v) is 4.44. The van der Waals surface area contributed by atoms with Gasteiger partial charge < -0.3 is 4.74 Å². The van der Waals surface area contributed by atoms with Crippen LogP contribution in [-0.4, -0.2) is 12.1 Å². The lowest BCUT2D eigenvalue weighted by atomic mass is 10.0. The quantitative estimate of drug-likeness (QED) is 0.704. The maximum Gasteiger partial charge on any atom is 0.154 e. The maximum absolute atomic E-state index is 9.13. The minimum atomic E-state index is 0.491. The van der Waals surface area contributed by atoms with E-state index in [1.54, 1.807) is 12.3 Å². The molecule has 0 amide bonds. The van der Waals surface area contributed by atoms with Crippen LogP contribution >= 0.6 is 0 Å². The molecule has 0 unspecified atom stereocenters. The summed E-state index contributed by atoms with van der Waals surface area (Å²) in [7, 11) is 1.54. The highest BCUT2D eigenvalue weighted by atomic mass is 16.5. The topological polar surface area (TPSA) is 45.9 Å². The molecule has 0 fully saturated rings. The van der Waals surface area contributed by atoms with E-state index < -0.39 is 0 Å². The van der Waals surface area contributed by atoms with Crippen LogP contribution in [0.15, 0.2) is 54.7 Å².